The highest BCUT2D eigenvalue weighted by molar-refractivity contribution is 5.71. The second-order valence-electron chi connectivity index (χ2n) is 20.6. The summed E-state index contributed by atoms with van der Waals surface area (Å²) in [5.74, 6) is -0.845. The van der Waals surface area contributed by atoms with E-state index in [-0.39, 0.29) is 31.1 Å². The third-order valence-corrected chi connectivity index (χ3v) is 13.8. The SMILES string of the molecule is CCCCCCCC/C=C\CCCCCCCCCC(=O)O[C@@H](COC(=O)CCCCCCCCCCCCC)COC(=O)CCCCCCCCCCCCCCCCCCCCCCC. The number of hydrogen-bond acceptors (Lipinski definition) is 6. The van der Waals surface area contributed by atoms with Crippen molar-refractivity contribution in [3.8, 4) is 0 Å². The number of esters is 3. The lowest BCUT2D eigenvalue weighted by atomic mass is 10.0. The van der Waals surface area contributed by atoms with Crippen molar-refractivity contribution >= 4 is 17.9 Å². The Morgan fingerprint density at radius 1 is 0.284 bits per heavy atom. The summed E-state index contributed by atoms with van der Waals surface area (Å²) in [6, 6.07) is 0. The van der Waals surface area contributed by atoms with Crippen LogP contribution in [0.15, 0.2) is 12.2 Å². The van der Waals surface area contributed by atoms with Gasteiger partial charge in [0.1, 0.15) is 13.2 Å². The molecular formula is C61H116O6. The van der Waals surface area contributed by atoms with Crippen molar-refractivity contribution in [1.82, 2.24) is 0 Å². The largest absolute Gasteiger partial charge is 0.462 e. The molecule has 0 bridgehead atoms. The topological polar surface area (TPSA) is 78.9 Å². The van der Waals surface area contributed by atoms with Gasteiger partial charge < -0.3 is 14.2 Å². The van der Waals surface area contributed by atoms with Crippen LogP contribution in [0, 0.1) is 0 Å². The highest BCUT2D eigenvalue weighted by Crippen LogP contribution is 2.17. The van der Waals surface area contributed by atoms with E-state index in [0.717, 1.165) is 57.8 Å². The van der Waals surface area contributed by atoms with Crippen molar-refractivity contribution in [2.45, 2.75) is 348 Å². The van der Waals surface area contributed by atoms with E-state index in [1.54, 1.807) is 0 Å². The normalized spacial score (nSPS) is 12.0. The summed E-state index contributed by atoms with van der Waals surface area (Å²) in [6.45, 7) is 6.69. The summed E-state index contributed by atoms with van der Waals surface area (Å²) in [7, 11) is 0. The van der Waals surface area contributed by atoms with Crippen LogP contribution in [-0.4, -0.2) is 37.2 Å². The number of carbonyl (C=O) groups excluding carboxylic acids is 3. The molecule has 6 nitrogen and oxygen atoms in total. The molecule has 0 heterocycles. The van der Waals surface area contributed by atoms with Crippen LogP contribution in [0.1, 0.15) is 342 Å². The zero-order valence-electron chi connectivity index (χ0n) is 45.5. The molecule has 0 aliphatic carbocycles. The van der Waals surface area contributed by atoms with E-state index in [9.17, 15) is 14.4 Å². The molecule has 0 aromatic rings. The second-order valence-corrected chi connectivity index (χ2v) is 20.6. The van der Waals surface area contributed by atoms with Gasteiger partial charge in [-0.25, -0.2) is 0 Å². The van der Waals surface area contributed by atoms with Crippen LogP contribution in [0.2, 0.25) is 0 Å². The smallest absolute Gasteiger partial charge is 0.306 e. The zero-order valence-corrected chi connectivity index (χ0v) is 45.5. The number of rotatable bonds is 56. The summed E-state index contributed by atoms with van der Waals surface area (Å²) in [4.78, 5) is 38.1. The van der Waals surface area contributed by atoms with Crippen LogP contribution in [0.3, 0.4) is 0 Å². The number of unbranched alkanes of at least 4 members (excludes halogenated alkanes) is 43. The highest BCUT2D eigenvalue weighted by atomic mass is 16.6. The number of hydrogen-bond donors (Lipinski definition) is 0. The zero-order chi connectivity index (χ0) is 48.6. The van der Waals surface area contributed by atoms with E-state index >= 15 is 0 Å². The second kappa shape index (κ2) is 56.7. The molecule has 0 saturated carbocycles. The van der Waals surface area contributed by atoms with Crippen molar-refractivity contribution in [2.24, 2.45) is 0 Å². The third-order valence-electron chi connectivity index (χ3n) is 13.8. The Labute approximate surface area is 418 Å². The minimum Gasteiger partial charge on any atom is -0.462 e. The molecule has 0 unspecified atom stereocenters. The Morgan fingerprint density at radius 3 is 0.746 bits per heavy atom. The van der Waals surface area contributed by atoms with Crippen LogP contribution >= 0.6 is 0 Å². The molecule has 0 N–H and O–H groups in total. The number of allylic oxidation sites excluding steroid dienone is 2. The molecule has 67 heavy (non-hydrogen) atoms. The molecular weight excluding hydrogens is 829 g/mol. The van der Waals surface area contributed by atoms with Gasteiger partial charge in [-0.3, -0.25) is 14.4 Å². The van der Waals surface area contributed by atoms with E-state index in [2.05, 4.69) is 32.9 Å². The van der Waals surface area contributed by atoms with Crippen LogP contribution in [0.5, 0.6) is 0 Å². The van der Waals surface area contributed by atoms with Crippen molar-refractivity contribution in [1.29, 1.82) is 0 Å². The lowest BCUT2D eigenvalue weighted by Crippen LogP contribution is -2.30. The first-order valence-electron chi connectivity index (χ1n) is 30.2. The number of ether oxygens (including phenoxy) is 3. The molecule has 0 aromatic heterocycles. The first-order chi connectivity index (χ1) is 33.0. The average molecular weight is 946 g/mol. The van der Waals surface area contributed by atoms with E-state index in [1.165, 1.54) is 244 Å². The van der Waals surface area contributed by atoms with Gasteiger partial charge in [-0.2, -0.15) is 0 Å². The fourth-order valence-corrected chi connectivity index (χ4v) is 9.21. The van der Waals surface area contributed by atoms with Gasteiger partial charge in [0.05, 0.1) is 0 Å². The Morgan fingerprint density at radius 2 is 0.493 bits per heavy atom. The Hall–Kier alpha value is -1.85. The van der Waals surface area contributed by atoms with E-state index in [0.29, 0.717) is 19.3 Å². The van der Waals surface area contributed by atoms with Crippen molar-refractivity contribution in [3.05, 3.63) is 12.2 Å². The predicted octanol–water partition coefficient (Wildman–Crippen LogP) is 20.1. The molecule has 1 atom stereocenters. The fraction of sp³-hybridized carbons (Fsp3) is 0.918. The lowest BCUT2D eigenvalue weighted by Gasteiger charge is -2.18. The monoisotopic (exact) mass is 945 g/mol. The van der Waals surface area contributed by atoms with Gasteiger partial charge in [-0.05, 0) is 44.9 Å². The Bertz CT molecular complexity index is 1040. The van der Waals surface area contributed by atoms with E-state index < -0.39 is 6.10 Å². The first-order valence-corrected chi connectivity index (χ1v) is 30.2. The summed E-state index contributed by atoms with van der Waals surface area (Å²) < 4.78 is 16.9. The van der Waals surface area contributed by atoms with Gasteiger partial charge in [0.15, 0.2) is 6.10 Å². The standard InChI is InChI=1S/C61H116O6/c1-4-7-10-13-16-19-22-24-26-28-29-30-31-33-34-36-39-42-45-48-51-54-60(63)66-57-58(56-65-59(62)53-50-47-44-41-38-21-18-15-12-9-6-3)67-61(64)55-52-49-46-43-40-37-35-32-27-25-23-20-17-14-11-8-5-2/h25,27,58H,4-24,26,28-57H2,1-3H3/b27-25-/t58-/m0/s1. The maximum Gasteiger partial charge on any atom is 0.306 e. The molecule has 0 aliphatic rings. The summed E-state index contributed by atoms with van der Waals surface area (Å²) in [6.07, 6.45) is 65.0. The lowest BCUT2D eigenvalue weighted by molar-refractivity contribution is -0.167. The maximum absolute atomic E-state index is 12.9. The third kappa shape index (κ3) is 55.0. The van der Waals surface area contributed by atoms with Gasteiger partial charge in [-0.1, -0.05) is 290 Å². The Kier molecular flexibility index (Phi) is 55.2. The Balaban J connectivity index is 4.24. The molecule has 0 fully saturated rings. The minimum absolute atomic E-state index is 0.0657. The van der Waals surface area contributed by atoms with E-state index in [4.69, 9.17) is 14.2 Å². The minimum atomic E-state index is -0.766. The average Bonchev–Trinajstić information content (AvgIpc) is 3.33. The van der Waals surface area contributed by atoms with Gasteiger partial charge in [0.2, 0.25) is 0 Å². The molecule has 0 aliphatic heterocycles. The molecule has 0 saturated heterocycles. The molecule has 0 amide bonds. The number of carbonyl (C=O) groups is 3. The quantitative estimate of drug-likeness (QED) is 0.0262. The maximum atomic E-state index is 12.9. The van der Waals surface area contributed by atoms with Crippen LogP contribution in [-0.2, 0) is 28.6 Å². The molecule has 0 radical (unpaired) electrons. The van der Waals surface area contributed by atoms with Crippen LogP contribution < -0.4 is 0 Å². The van der Waals surface area contributed by atoms with Crippen molar-refractivity contribution in [3.63, 3.8) is 0 Å². The summed E-state index contributed by atoms with van der Waals surface area (Å²) in [5, 5.41) is 0. The van der Waals surface area contributed by atoms with Crippen LogP contribution in [0.4, 0.5) is 0 Å². The first kappa shape index (κ1) is 65.1. The summed E-state index contributed by atoms with van der Waals surface area (Å²) >= 11 is 0. The highest BCUT2D eigenvalue weighted by Gasteiger charge is 2.19. The van der Waals surface area contributed by atoms with Crippen molar-refractivity contribution < 1.29 is 28.6 Å². The fourth-order valence-electron chi connectivity index (χ4n) is 9.21. The summed E-state index contributed by atoms with van der Waals surface area (Å²) in [5.41, 5.74) is 0. The van der Waals surface area contributed by atoms with Gasteiger partial charge in [0, 0.05) is 19.3 Å². The van der Waals surface area contributed by atoms with Gasteiger partial charge >= 0.3 is 17.9 Å². The van der Waals surface area contributed by atoms with E-state index in [1.807, 2.05) is 0 Å². The molecule has 396 valence electrons. The molecule has 0 spiro atoms. The van der Waals surface area contributed by atoms with Crippen LogP contribution in [0.25, 0.3) is 0 Å². The molecule has 0 rings (SSSR count). The molecule has 0 aromatic carbocycles. The molecule has 6 heteroatoms. The van der Waals surface area contributed by atoms with Gasteiger partial charge in [0.25, 0.3) is 0 Å². The van der Waals surface area contributed by atoms with Crippen molar-refractivity contribution in [2.75, 3.05) is 13.2 Å². The predicted molar refractivity (Wildman–Crippen MR) is 289 cm³/mol. The van der Waals surface area contributed by atoms with Gasteiger partial charge in [-0.15, -0.1) is 0 Å².